The molecular formula is C18H17BrF3N5O. The number of hydrogen-bond acceptors (Lipinski definition) is 4. The van der Waals surface area contributed by atoms with Gasteiger partial charge in [0.05, 0.1) is 0 Å². The molecule has 0 saturated heterocycles. The van der Waals surface area contributed by atoms with Crippen molar-refractivity contribution >= 4 is 27.6 Å². The Morgan fingerprint density at radius 1 is 1.25 bits per heavy atom. The van der Waals surface area contributed by atoms with Gasteiger partial charge in [-0.15, -0.1) is 5.10 Å². The minimum absolute atomic E-state index is 0.106. The highest BCUT2D eigenvalue weighted by Gasteiger charge is 2.36. The summed E-state index contributed by atoms with van der Waals surface area (Å²) in [6.45, 7) is 3.72. The number of aryl methyl sites for hydroxylation is 2. The average Bonchev–Trinajstić information content (AvgIpc) is 3.04. The standard InChI is InChI=1S/C18H17BrF3N5O/c1-10-14(6-7-15(28)23-9-12-4-3-5-13(19)8-12)11(2)27-17(24-10)25-16(26-27)18(20,21)22/h3-5,8H,6-7,9H2,1-2H3,(H,23,28). The summed E-state index contributed by atoms with van der Waals surface area (Å²) in [5, 5.41) is 6.34. The zero-order valence-electron chi connectivity index (χ0n) is 15.1. The number of alkyl halides is 3. The molecule has 0 saturated carbocycles. The van der Waals surface area contributed by atoms with Gasteiger partial charge >= 0.3 is 6.18 Å². The fourth-order valence-corrected chi connectivity index (χ4v) is 3.31. The maximum atomic E-state index is 12.8. The molecule has 1 amide bonds. The second kappa shape index (κ2) is 7.86. The Hall–Kier alpha value is -2.49. The number of amides is 1. The first-order valence-corrected chi connectivity index (χ1v) is 9.25. The minimum atomic E-state index is -4.64. The topological polar surface area (TPSA) is 72.2 Å². The lowest BCUT2D eigenvalue weighted by molar-refractivity contribution is -0.144. The SMILES string of the molecule is Cc1nc2nc(C(F)(F)F)nn2c(C)c1CCC(=O)NCc1cccc(Br)c1. The van der Waals surface area contributed by atoms with Crippen LogP contribution in [0, 0.1) is 13.8 Å². The number of carbonyl (C=O) groups is 1. The van der Waals surface area contributed by atoms with Crippen molar-refractivity contribution in [3.8, 4) is 0 Å². The Balaban J connectivity index is 1.70. The van der Waals surface area contributed by atoms with Gasteiger partial charge in [0, 0.05) is 28.8 Å². The van der Waals surface area contributed by atoms with E-state index in [4.69, 9.17) is 0 Å². The molecule has 0 bridgehead atoms. The molecule has 2 heterocycles. The van der Waals surface area contributed by atoms with Crippen molar-refractivity contribution in [1.29, 1.82) is 0 Å². The number of benzene rings is 1. The Bertz CT molecular complexity index is 1030. The number of hydrogen-bond donors (Lipinski definition) is 1. The van der Waals surface area contributed by atoms with Crippen LogP contribution in [0.5, 0.6) is 0 Å². The smallest absolute Gasteiger partial charge is 0.352 e. The molecule has 0 radical (unpaired) electrons. The summed E-state index contributed by atoms with van der Waals surface area (Å²) in [5.41, 5.74) is 2.67. The van der Waals surface area contributed by atoms with E-state index in [2.05, 4.69) is 36.3 Å². The van der Waals surface area contributed by atoms with Crippen LogP contribution in [0.3, 0.4) is 0 Å². The average molecular weight is 456 g/mol. The van der Waals surface area contributed by atoms with Gasteiger partial charge in [-0.25, -0.2) is 9.50 Å². The van der Waals surface area contributed by atoms with Crippen molar-refractivity contribution in [2.24, 2.45) is 0 Å². The highest BCUT2D eigenvalue weighted by Crippen LogP contribution is 2.27. The van der Waals surface area contributed by atoms with Crippen molar-refractivity contribution in [1.82, 2.24) is 24.9 Å². The minimum Gasteiger partial charge on any atom is -0.352 e. The summed E-state index contributed by atoms with van der Waals surface area (Å²) in [7, 11) is 0. The van der Waals surface area contributed by atoms with Crippen molar-refractivity contribution in [3.63, 3.8) is 0 Å². The molecule has 0 spiro atoms. The first-order valence-electron chi connectivity index (χ1n) is 8.46. The summed E-state index contributed by atoms with van der Waals surface area (Å²) in [5.74, 6) is -1.50. The molecule has 3 rings (SSSR count). The van der Waals surface area contributed by atoms with Crippen molar-refractivity contribution in [2.75, 3.05) is 0 Å². The molecule has 0 atom stereocenters. The molecule has 0 aliphatic carbocycles. The molecule has 1 aromatic carbocycles. The molecular weight excluding hydrogens is 439 g/mol. The van der Waals surface area contributed by atoms with E-state index >= 15 is 0 Å². The quantitative estimate of drug-likeness (QED) is 0.635. The van der Waals surface area contributed by atoms with Crippen molar-refractivity contribution in [2.45, 2.75) is 39.4 Å². The van der Waals surface area contributed by atoms with Gasteiger partial charge in [-0.2, -0.15) is 18.2 Å². The Morgan fingerprint density at radius 3 is 2.68 bits per heavy atom. The first kappa shape index (κ1) is 20.2. The number of carbonyl (C=O) groups excluding carboxylic acids is 1. The second-order valence-corrected chi connectivity index (χ2v) is 7.23. The van der Waals surface area contributed by atoms with Gasteiger partial charge in [-0.3, -0.25) is 4.79 Å². The summed E-state index contributed by atoms with van der Waals surface area (Å²) < 4.78 is 40.5. The van der Waals surface area contributed by atoms with Gasteiger partial charge in [0.1, 0.15) is 0 Å². The van der Waals surface area contributed by atoms with Crippen LogP contribution in [-0.2, 0) is 23.9 Å². The van der Waals surface area contributed by atoms with Gasteiger partial charge in [0.15, 0.2) is 0 Å². The van der Waals surface area contributed by atoms with Crippen LogP contribution in [0.15, 0.2) is 28.7 Å². The van der Waals surface area contributed by atoms with Crippen LogP contribution in [-0.4, -0.2) is 25.5 Å². The Kier molecular flexibility index (Phi) is 5.69. The van der Waals surface area contributed by atoms with Crippen LogP contribution in [0.1, 0.15) is 34.8 Å². The molecule has 0 unspecified atom stereocenters. The van der Waals surface area contributed by atoms with Crippen LogP contribution >= 0.6 is 15.9 Å². The van der Waals surface area contributed by atoms with E-state index in [1.165, 1.54) is 0 Å². The molecule has 28 heavy (non-hydrogen) atoms. The van der Waals surface area contributed by atoms with Crippen LogP contribution < -0.4 is 5.32 Å². The van der Waals surface area contributed by atoms with E-state index in [0.29, 0.717) is 29.9 Å². The van der Waals surface area contributed by atoms with E-state index < -0.39 is 12.0 Å². The van der Waals surface area contributed by atoms with Gasteiger partial charge < -0.3 is 5.32 Å². The van der Waals surface area contributed by atoms with E-state index in [0.717, 1.165) is 14.6 Å². The maximum Gasteiger partial charge on any atom is 0.453 e. The van der Waals surface area contributed by atoms with Gasteiger partial charge in [0.25, 0.3) is 11.6 Å². The van der Waals surface area contributed by atoms with Crippen molar-refractivity contribution < 1.29 is 18.0 Å². The van der Waals surface area contributed by atoms with Crippen LogP contribution in [0.4, 0.5) is 13.2 Å². The summed E-state index contributed by atoms with van der Waals surface area (Å²) in [6.07, 6.45) is -4.11. The monoisotopic (exact) mass is 455 g/mol. The van der Waals surface area contributed by atoms with Gasteiger partial charge in [-0.05, 0) is 43.5 Å². The fraction of sp³-hybridized carbons (Fsp3) is 0.333. The lowest BCUT2D eigenvalue weighted by atomic mass is 10.1. The van der Waals surface area contributed by atoms with Crippen LogP contribution in [0.2, 0.25) is 0 Å². The normalized spacial score (nSPS) is 11.8. The zero-order valence-corrected chi connectivity index (χ0v) is 16.7. The fourth-order valence-electron chi connectivity index (χ4n) is 2.86. The number of nitrogens with zero attached hydrogens (tertiary/aromatic N) is 4. The van der Waals surface area contributed by atoms with Crippen molar-refractivity contribution in [3.05, 3.63) is 57.1 Å². The number of aromatic nitrogens is 4. The number of halogens is 4. The molecule has 6 nitrogen and oxygen atoms in total. The van der Waals surface area contributed by atoms with E-state index in [1.807, 2.05) is 24.3 Å². The Morgan fingerprint density at radius 2 is 2.00 bits per heavy atom. The van der Waals surface area contributed by atoms with E-state index in [-0.39, 0.29) is 18.1 Å². The number of fused-ring (bicyclic) bond motifs is 1. The summed E-state index contributed by atoms with van der Waals surface area (Å²) >= 11 is 3.38. The van der Waals surface area contributed by atoms with Gasteiger partial charge in [-0.1, -0.05) is 28.1 Å². The number of nitrogens with one attached hydrogen (secondary N) is 1. The lowest BCUT2D eigenvalue weighted by Crippen LogP contribution is -2.23. The highest BCUT2D eigenvalue weighted by atomic mass is 79.9. The molecule has 3 aromatic rings. The highest BCUT2D eigenvalue weighted by molar-refractivity contribution is 9.10. The molecule has 0 aliphatic rings. The van der Waals surface area contributed by atoms with E-state index in [9.17, 15) is 18.0 Å². The molecule has 10 heteroatoms. The largest absolute Gasteiger partial charge is 0.453 e. The summed E-state index contributed by atoms with van der Waals surface area (Å²) in [6, 6.07) is 7.59. The third-order valence-corrected chi connectivity index (χ3v) is 4.78. The van der Waals surface area contributed by atoms with Crippen LogP contribution in [0.25, 0.3) is 5.78 Å². The molecule has 0 aliphatic heterocycles. The second-order valence-electron chi connectivity index (χ2n) is 6.31. The maximum absolute atomic E-state index is 12.8. The lowest BCUT2D eigenvalue weighted by Gasteiger charge is -2.10. The molecule has 148 valence electrons. The molecule has 2 aromatic heterocycles. The molecule has 0 fully saturated rings. The predicted octanol–water partition coefficient (Wildman–Crippen LogP) is 3.77. The Labute approximate surface area is 167 Å². The third kappa shape index (κ3) is 4.49. The third-order valence-electron chi connectivity index (χ3n) is 4.28. The first-order chi connectivity index (χ1) is 13.1. The predicted molar refractivity (Wildman–Crippen MR) is 99.6 cm³/mol. The summed E-state index contributed by atoms with van der Waals surface area (Å²) in [4.78, 5) is 19.7. The number of rotatable bonds is 5. The van der Waals surface area contributed by atoms with E-state index in [1.54, 1.807) is 13.8 Å². The zero-order chi connectivity index (χ0) is 20.5. The molecule has 1 N–H and O–H groups in total. The van der Waals surface area contributed by atoms with Gasteiger partial charge in [0.2, 0.25) is 5.91 Å².